The predicted molar refractivity (Wildman–Crippen MR) is 76.8 cm³/mol. The molecule has 0 saturated heterocycles. The van der Waals surface area contributed by atoms with Crippen LogP contribution in [0, 0.1) is 6.92 Å². The molecule has 0 bridgehead atoms. The Hall–Kier alpha value is -2.76. The highest BCUT2D eigenvalue weighted by Gasteiger charge is 2.28. The van der Waals surface area contributed by atoms with Gasteiger partial charge < -0.3 is 9.84 Å². The first-order valence-corrected chi connectivity index (χ1v) is 6.76. The molecule has 1 aliphatic rings. The van der Waals surface area contributed by atoms with E-state index in [0.29, 0.717) is 17.5 Å². The van der Waals surface area contributed by atoms with Gasteiger partial charge in [0.15, 0.2) is 0 Å². The van der Waals surface area contributed by atoms with Crippen LogP contribution in [0.15, 0.2) is 41.2 Å². The van der Waals surface area contributed by atoms with Crippen molar-refractivity contribution in [2.45, 2.75) is 12.8 Å². The Kier molecular flexibility index (Phi) is 2.67. The van der Waals surface area contributed by atoms with Gasteiger partial charge in [-0.3, -0.25) is 0 Å². The quantitative estimate of drug-likeness (QED) is 0.776. The van der Waals surface area contributed by atoms with Gasteiger partial charge in [-0.2, -0.15) is 4.98 Å². The number of anilines is 1. The van der Waals surface area contributed by atoms with E-state index in [9.17, 15) is 0 Å². The number of nitrogens with one attached hydrogen (secondary N) is 1. The first kappa shape index (κ1) is 12.0. The van der Waals surface area contributed by atoms with E-state index >= 15 is 0 Å². The van der Waals surface area contributed by atoms with Crippen molar-refractivity contribution in [3.05, 3.63) is 53.7 Å². The Labute approximate surface area is 121 Å². The zero-order valence-corrected chi connectivity index (χ0v) is 11.4. The summed E-state index contributed by atoms with van der Waals surface area (Å²) in [5.74, 6) is 1.57. The topological polar surface area (TPSA) is 76.7 Å². The number of benzene rings is 1. The minimum absolute atomic E-state index is 0.0768. The highest BCUT2D eigenvalue weighted by molar-refractivity contribution is 5.59. The SMILES string of the molecule is Cc1cnc(-c2noc(C3CNc4ccccc43)n2)nc1. The molecule has 2 aromatic heterocycles. The third-order valence-electron chi connectivity index (χ3n) is 3.55. The monoisotopic (exact) mass is 279 g/mol. The van der Waals surface area contributed by atoms with Crippen LogP contribution in [-0.2, 0) is 0 Å². The number of aryl methyl sites for hydroxylation is 1. The van der Waals surface area contributed by atoms with Gasteiger partial charge >= 0.3 is 0 Å². The van der Waals surface area contributed by atoms with Gasteiger partial charge in [0.1, 0.15) is 0 Å². The zero-order valence-electron chi connectivity index (χ0n) is 11.4. The maximum Gasteiger partial charge on any atom is 0.240 e. The minimum atomic E-state index is 0.0768. The van der Waals surface area contributed by atoms with Crippen molar-refractivity contribution < 1.29 is 4.52 Å². The van der Waals surface area contributed by atoms with Gasteiger partial charge in [-0.15, -0.1) is 0 Å². The van der Waals surface area contributed by atoms with E-state index in [-0.39, 0.29) is 5.92 Å². The van der Waals surface area contributed by atoms with E-state index in [1.807, 2.05) is 19.1 Å². The van der Waals surface area contributed by atoms with E-state index in [1.54, 1.807) is 12.4 Å². The molecule has 0 fully saturated rings. The van der Waals surface area contributed by atoms with Crippen molar-refractivity contribution >= 4 is 5.69 Å². The summed E-state index contributed by atoms with van der Waals surface area (Å²) in [4.78, 5) is 12.9. The molecule has 0 amide bonds. The number of aromatic nitrogens is 4. The van der Waals surface area contributed by atoms with Crippen LogP contribution in [0.2, 0.25) is 0 Å². The third kappa shape index (κ3) is 2.05. The lowest BCUT2D eigenvalue weighted by molar-refractivity contribution is 0.370. The number of nitrogens with zero attached hydrogens (tertiary/aromatic N) is 4. The molecular weight excluding hydrogens is 266 g/mol. The molecule has 0 aliphatic carbocycles. The molecule has 1 aliphatic heterocycles. The van der Waals surface area contributed by atoms with Gasteiger partial charge in [-0.05, 0) is 24.1 Å². The smallest absolute Gasteiger partial charge is 0.240 e. The van der Waals surface area contributed by atoms with E-state index in [4.69, 9.17) is 4.52 Å². The molecule has 0 spiro atoms. The van der Waals surface area contributed by atoms with Crippen LogP contribution < -0.4 is 5.32 Å². The molecule has 3 heterocycles. The summed E-state index contributed by atoms with van der Waals surface area (Å²) in [6, 6.07) is 8.15. The van der Waals surface area contributed by atoms with Crippen LogP contribution >= 0.6 is 0 Å². The Morgan fingerprint density at radius 2 is 1.95 bits per heavy atom. The molecule has 1 atom stereocenters. The molecular formula is C15H13N5O. The Morgan fingerprint density at radius 1 is 1.14 bits per heavy atom. The van der Waals surface area contributed by atoms with E-state index in [2.05, 4.69) is 37.6 Å². The van der Waals surface area contributed by atoms with Gasteiger partial charge in [0.2, 0.25) is 17.5 Å². The number of rotatable bonds is 2. The second-order valence-corrected chi connectivity index (χ2v) is 5.06. The fourth-order valence-corrected chi connectivity index (χ4v) is 2.48. The van der Waals surface area contributed by atoms with Crippen molar-refractivity contribution in [3.8, 4) is 11.6 Å². The maximum absolute atomic E-state index is 5.41. The molecule has 0 radical (unpaired) electrons. The van der Waals surface area contributed by atoms with Gasteiger partial charge in [0.05, 0.1) is 5.92 Å². The fraction of sp³-hybridized carbons (Fsp3) is 0.200. The number of hydrogen-bond donors (Lipinski definition) is 1. The largest absolute Gasteiger partial charge is 0.384 e. The summed E-state index contributed by atoms with van der Waals surface area (Å²) in [5, 5.41) is 7.34. The fourth-order valence-electron chi connectivity index (χ4n) is 2.48. The summed E-state index contributed by atoms with van der Waals surface area (Å²) in [7, 11) is 0. The van der Waals surface area contributed by atoms with Crippen molar-refractivity contribution in [1.82, 2.24) is 20.1 Å². The normalized spacial score (nSPS) is 16.5. The molecule has 0 saturated carbocycles. The second kappa shape index (κ2) is 4.66. The highest BCUT2D eigenvalue weighted by atomic mass is 16.5. The molecule has 6 heteroatoms. The maximum atomic E-state index is 5.41. The highest BCUT2D eigenvalue weighted by Crippen LogP contribution is 2.35. The van der Waals surface area contributed by atoms with E-state index in [1.165, 1.54) is 5.56 Å². The third-order valence-corrected chi connectivity index (χ3v) is 3.55. The molecule has 21 heavy (non-hydrogen) atoms. The molecule has 1 aromatic carbocycles. The molecule has 3 aromatic rings. The first-order valence-electron chi connectivity index (χ1n) is 6.76. The van der Waals surface area contributed by atoms with Gasteiger partial charge in [-0.1, -0.05) is 23.4 Å². The predicted octanol–water partition coefficient (Wildman–Crippen LogP) is 2.39. The zero-order chi connectivity index (χ0) is 14.2. The summed E-state index contributed by atoms with van der Waals surface area (Å²) in [6.07, 6.45) is 3.48. The number of hydrogen-bond acceptors (Lipinski definition) is 6. The van der Waals surface area contributed by atoms with E-state index < -0.39 is 0 Å². The summed E-state index contributed by atoms with van der Waals surface area (Å²) < 4.78 is 5.41. The number of para-hydroxylation sites is 1. The molecule has 6 nitrogen and oxygen atoms in total. The van der Waals surface area contributed by atoms with Crippen LogP contribution in [0.25, 0.3) is 11.6 Å². The number of fused-ring (bicyclic) bond motifs is 1. The van der Waals surface area contributed by atoms with Crippen LogP contribution in [0.4, 0.5) is 5.69 Å². The van der Waals surface area contributed by atoms with Crippen molar-refractivity contribution in [2.75, 3.05) is 11.9 Å². The molecule has 1 unspecified atom stereocenters. The Bertz CT molecular complexity index is 781. The molecule has 1 N–H and O–H groups in total. The summed E-state index contributed by atoms with van der Waals surface area (Å²) in [5.41, 5.74) is 3.29. The lowest BCUT2D eigenvalue weighted by atomic mass is 10.0. The van der Waals surface area contributed by atoms with Gasteiger partial charge in [0, 0.05) is 24.6 Å². The Morgan fingerprint density at radius 3 is 2.81 bits per heavy atom. The van der Waals surface area contributed by atoms with E-state index in [0.717, 1.165) is 17.8 Å². The summed E-state index contributed by atoms with van der Waals surface area (Å²) in [6.45, 7) is 2.70. The van der Waals surface area contributed by atoms with Crippen molar-refractivity contribution in [3.63, 3.8) is 0 Å². The molecule has 4 rings (SSSR count). The van der Waals surface area contributed by atoms with Gasteiger partial charge in [-0.25, -0.2) is 9.97 Å². The van der Waals surface area contributed by atoms with Crippen LogP contribution in [0.1, 0.15) is 22.9 Å². The lowest BCUT2D eigenvalue weighted by Crippen LogP contribution is -2.04. The average Bonchev–Trinajstić information content (AvgIpc) is 3.14. The minimum Gasteiger partial charge on any atom is -0.384 e. The first-order chi connectivity index (χ1) is 10.3. The Balaban J connectivity index is 1.68. The lowest BCUT2D eigenvalue weighted by Gasteiger charge is -2.02. The van der Waals surface area contributed by atoms with Crippen molar-refractivity contribution in [2.24, 2.45) is 0 Å². The second-order valence-electron chi connectivity index (χ2n) is 5.06. The standard InChI is InChI=1S/C15H13N5O/c1-9-6-17-13(18-7-9)14-19-15(21-20-14)11-8-16-12-5-3-2-4-10(11)12/h2-7,11,16H,8H2,1H3. The van der Waals surface area contributed by atoms with Crippen LogP contribution in [0.5, 0.6) is 0 Å². The van der Waals surface area contributed by atoms with Crippen LogP contribution in [0.3, 0.4) is 0 Å². The van der Waals surface area contributed by atoms with Crippen molar-refractivity contribution in [1.29, 1.82) is 0 Å². The van der Waals surface area contributed by atoms with Crippen LogP contribution in [-0.4, -0.2) is 26.7 Å². The average molecular weight is 279 g/mol. The summed E-state index contributed by atoms with van der Waals surface area (Å²) >= 11 is 0. The molecule has 104 valence electrons. The van der Waals surface area contributed by atoms with Gasteiger partial charge in [0.25, 0.3) is 0 Å².